The van der Waals surface area contributed by atoms with E-state index in [1.165, 1.54) is 21.3 Å². The van der Waals surface area contributed by atoms with Gasteiger partial charge in [0.2, 0.25) is 10.0 Å². The minimum absolute atomic E-state index is 0.258. The third kappa shape index (κ3) is 5.20. The number of carbonyl (C=O) groups excluding carboxylic acids is 1. The zero-order valence-electron chi connectivity index (χ0n) is 19.2. The molecule has 0 radical (unpaired) electrons. The first-order chi connectivity index (χ1) is 15.7. The van der Waals surface area contributed by atoms with Gasteiger partial charge in [0.05, 0.1) is 37.4 Å². The minimum Gasteiger partial charge on any atom is -0.493 e. The van der Waals surface area contributed by atoms with E-state index >= 15 is 0 Å². The van der Waals surface area contributed by atoms with Crippen LogP contribution in [-0.2, 0) is 10.0 Å². The van der Waals surface area contributed by atoms with Crippen molar-refractivity contribution in [2.45, 2.75) is 0 Å². The molecule has 3 rings (SSSR count). The van der Waals surface area contributed by atoms with Crippen LogP contribution in [0.4, 0.5) is 17.1 Å². The fraction of sp³-hybridized carbons (Fsp3) is 0.208. The zero-order valence-corrected chi connectivity index (χ0v) is 20.0. The number of nitrogens with one attached hydrogen (secondary N) is 2. The molecule has 9 heteroatoms. The molecular formula is C24H27N3O5S. The van der Waals surface area contributed by atoms with Gasteiger partial charge in [-0.25, -0.2) is 8.42 Å². The lowest BCUT2D eigenvalue weighted by Crippen LogP contribution is -2.26. The smallest absolute Gasteiger partial charge is 0.259 e. The summed E-state index contributed by atoms with van der Waals surface area (Å²) in [6, 6.07) is 18.0. The van der Waals surface area contributed by atoms with E-state index in [2.05, 4.69) is 10.6 Å². The van der Waals surface area contributed by atoms with Gasteiger partial charge in [0.15, 0.2) is 11.5 Å². The highest BCUT2D eigenvalue weighted by molar-refractivity contribution is 7.92. The largest absolute Gasteiger partial charge is 0.493 e. The quantitative estimate of drug-likeness (QED) is 0.516. The monoisotopic (exact) mass is 469 g/mol. The van der Waals surface area contributed by atoms with E-state index in [4.69, 9.17) is 9.47 Å². The summed E-state index contributed by atoms with van der Waals surface area (Å²) < 4.78 is 36.2. The number of sulfonamides is 1. The summed E-state index contributed by atoms with van der Waals surface area (Å²) in [5, 5.41) is 5.92. The number of carbonyl (C=O) groups is 1. The summed E-state index contributed by atoms with van der Waals surface area (Å²) >= 11 is 0. The molecule has 8 nitrogen and oxygen atoms in total. The number of rotatable bonds is 8. The predicted octanol–water partition coefficient (Wildman–Crippen LogP) is 4.06. The van der Waals surface area contributed by atoms with Crippen LogP contribution in [0.1, 0.15) is 10.4 Å². The Labute approximate surface area is 194 Å². The first kappa shape index (κ1) is 23.9. The Kier molecular flexibility index (Phi) is 7.13. The van der Waals surface area contributed by atoms with Gasteiger partial charge < -0.3 is 20.1 Å². The van der Waals surface area contributed by atoms with Crippen LogP contribution in [-0.4, -0.2) is 48.9 Å². The van der Waals surface area contributed by atoms with Crippen LogP contribution in [0.5, 0.6) is 11.5 Å². The lowest BCUT2D eigenvalue weighted by molar-refractivity contribution is 0.102. The first-order valence-electron chi connectivity index (χ1n) is 10.1. The molecule has 1 amide bonds. The molecule has 174 valence electrons. The van der Waals surface area contributed by atoms with Crippen molar-refractivity contribution >= 4 is 33.0 Å². The number of methoxy groups -OCH3 is 2. The maximum absolute atomic E-state index is 13.2. The lowest BCUT2D eigenvalue weighted by Gasteiger charge is -2.22. The van der Waals surface area contributed by atoms with Crippen molar-refractivity contribution in [2.24, 2.45) is 0 Å². The Morgan fingerprint density at radius 3 is 2.18 bits per heavy atom. The minimum atomic E-state index is -3.56. The average Bonchev–Trinajstić information content (AvgIpc) is 2.82. The van der Waals surface area contributed by atoms with Gasteiger partial charge in [0.25, 0.3) is 5.91 Å². The van der Waals surface area contributed by atoms with Gasteiger partial charge in [0.1, 0.15) is 0 Å². The van der Waals surface area contributed by atoms with Crippen LogP contribution in [0, 0.1) is 0 Å². The summed E-state index contributed by atoms with van der Waals surface area (Å²) in [7, 11) is 2.66. The molecule has 0 aliphatic heterocycles. The van der Waals surface area contributed by atoms with Crippen LogP contribution in [0.3, 0.4) is 0 Å². The Hall–Kier alpha value is -3.72. The summed E-state index contributed by atoms with van der Waals surface area (Å²) in [6.45, 7) is 0. The van der Waals surface area contributed by atoms with Gasteiger partial charge in [-0.3, -0.25) is 9.10 Å². The third-order valence-corrected chi connectivity index (χ3v) is 6.43. The fourth-order valence-electron chi connectivity index (χ4n) is 3.35. The molecule has 2 N–H and O–H groups in total. The van der Waals surface area contributed by atoms with E-state index in [1.807, 2.05) is 37.4 Å². The van der Waals surface area contributed by atoms with Crippen molar-refractivity contribution in [3.63, 3.8) is 0 Å². The van der Waals surface area contributed by atoms with Gasteiger partial charge in [-0.05, 0) is 47.5 Å². The van der Waals surface area contributed by atoms with Crippen LogP contribution >= 0.6 is 0 Å². The molecule has 0 heterocycles. The first-order valence-corrected chi connectivity index (χ1v) is 11.9. The van der Waals surface area contributed by atoms with Crippen LogP contribution in [0.2, 0.25) is 0 Å². The van der Waals surface area contributed by atoms with Crippen molar-refractivity contribution in [2.75, 3.05) is 49.5 Å². The van der Waals surface area contributed by atoms with E-state index in [0.717, 1.165) is 27.4 Å². The number of ether oxygens (including phenoxy) is 2. The summed E-state index contributed by atoms with van der Waals surface area (Å²) in [6.07, 6.45) is 1.11. The highest BCUT2D eigenvalue weighted by Gasteiger charge is 2.21. The maximum atomic E-state index is 13.2. The number of anilines is 3. The van der Waals surface area contributed by atoms with E-state index in [9.17, 15) is 13.2 Å². The third-order valence-electron chi connectivity index (χ3n) is 5.24. The highest BCUT2D eigenvalue weighted by Crippen LogP contribution is 2.35. The zero-order chi connectivity index (χ0) is 24.2. The van der Waals surface area contributed by atoms with Crippen molar-refractivity contribution in [3.05, 3.63) is 66.2 Å². The molecule has 0 bridgehead atoms. The van der Waals surface area contributed by atoms with E-state index in [-0.39, 0.29) is 11.3 Å². The second-order valence-corrected chi connectivity index (χ2v) is 9.30. The molecule has 0 aliphatic carbocycles. The Bertz CT molecular complexity index is 1260. The lowest BCUT2D eigenvalue weighted by atomic mass is 10.0. The Balaban J connectivity index is 2.08. The standard InChI is InChI=1S/C24H27N3O5S/c1-25-18-12-9-16(10-13-18)17-11-14-21(27(2)33(5,29)30)20(15-17)26-24(28)19-7-6-8-22(31-3)23(19)32-4/h6-15,25H,1-5H3,(H,26,28). The molecule has 0 aromatic heterocycles. The van der Waals surface area contributed by atoms with Gasteiger partial charge in [-0.1, -0.05) is 24.3 Å². The second kappa shape index (κ2) is 9.83. The van der Waals surface area contributed by atoms with Gasteiger partial charge >= 0.3 is 0 Å². The molecule has 0 atom stereocenters. The number of para-hydroxylation sites is 1. The molecule has 0 fully saturated rings. The Morgan fingerprint density at radius 1 is 0.939 bits per heavy atom. The Morgan fingerprint density at radius 2 is 1.61 bits per heavy atom. The maximum Gasteiger partial charge on any atom is 0.259 e. The van der Waals surface area contributed by atoms with Crippen molar-refractivity contribution in [1.82, 2.24) is 0 Å². The molecular weight excluding hydrogens is 442 g/mol. The molecule has 0 saturated heterocycles. The van der Waals surface area contributed by atoms with Gasteiger partial charge in [-0.15, -0.1) is 0 Å². The second-order valence-electron chi connectivity index (χ2n) is 7.28. The number of amides is 1. The molecule has 0 spiro atoms. The SMILES string of the molecule is CNc1ccc(-c2ccc(N(C)S(C)(=O)=O)c(NC(=O)c3cccc(OC)c3OC)c2)cc1. The topological polar surface area (TPSA) is 97.0 Å². The predicted molar refractivity (Wildman–Crippen MR) is 132 cm³/mol. The van der Waals surface area contributed by atoms with Crippen LogP contribution < -0.4 is 24.4 Å². The summed E-state index contributed by atoms with van der Waals surface area (Å²) in [5.74, 6) is 0.239. The number of benzene rings is 3. The number of hydrogen-bond donors (Lipinski definition) is 2. The van der Waals surface area contributed by atoms with Gasteiger partial charge in [0, 0.05) is 19.8 Å². The van der Waals surface area contributed by atoms with E-state index in [0.29, 0.717) is 17.1 Å². The van der Waals surface area contributed by atoms with Crippen LogP contribution in [0.25, 0.3) is 11.1 Å². The molecule has 0 saturated carbocycles. The van der Waals surface area contributed by atoms with Crippen molar-refractivity contribution in [1.29, 1.82) is 0 Å². The van der Waals surface area contributed by atoms with Crippen LogP contribution in [0.15, 0.2) is 60.7 Å². The highest BCUT2D eigenvalue weighted by atomic mass is 32.2. The molecule has 3 aromatic carbocycles. The van der Waals surface area contributed by atoms with Gasteiger partial charge in [-0.2, -0.15) is 0 Å². The van der Waals surface area contributed by atoms with E-state index in [1.54, 1.807) is 30.3 Å². The average molecular weight is 470 g/mol. The fourth-order valence-corrected chi connectivity index (χ4v) is 3.87. The molecule has 0 aliphatic rings. The number of hydrogen-bond acceptors (Lipinski definition) is 6. The summed E-state index contributed by atoms with van der Waals surface area (Å²) in [5.41, 5.74) is 3.63. The molecule has 0 unspecified atom stereocenters. The van der Waals surface area contributed by atoms with Crippen molar-refractivity contribution in [3.8, 4) is 22.6 Å². The summed E-state index contributed by atoms with van der Waals surface area (Å²) in [4.78, 5) is 13.2. The molecule has 33 heavy (non-hydrogen) atoms. The number of nitrogens with zero attached hydrogens (tertiary/aromatic N) is 1. The van der Waals surface area contributed by atoms with Crippen molar-refractivity contribution < 1.29 is 22.7 Å². The normalized spacial score (nSPS) is 10.9. The van der Waals surface area contributed by atoms with E-state index < -0.39 is 15.9 Å². The molecule has 3 aromatic rings.